The summed E-state index contributed by atoms with van der Waals surface area (Å²) in [5.41, 5.74) is 3.70. The Morgan fingerprint density at radius 2 is 1.85 bits per heavy atom. The Balaban J connectivity index is 2.01. The van der Waals surface area contributed by atoms with E-state index in [-0.39, 0.29) is 12.2 Å². The average molecular weight is 277 g/mol. The van der Waals surface area contributed by atoms with Crippen LogP contribution >= 0.6 is 0 Å². The molecule has 1 fully saturated rings. The smallest absolute Gasteiger partial charge is 0.128 e. The van der Waals surface area contributed by atoms with E-state index in [1.54, 1.807) is 7.11 Å². The van der Waals surface area contributed by atoms with Crippen molar-refractivity contribution in [2.24, 2.45) is 0 Å². The molecule has 1 N–H and O–H groups in total. The third-order valence-electron chi connectivity index (χ3n) is 4.05. The molecule has 1 aliphatic carbocycles. The molecule has 0 amide bonds. The number of methoxy groups -OCH3 is 1. The lowest BCUT2D eigenvalue weighted by Gasteiger charge is -2.44. The van der Waals surface area contributed by atoms with Gasteiger partial charge in [0, 0.05) is 19.6 Å². The minimum atomic E-state index is 0.154. The molecule has 112 valence electrons. The van der Waals surface area contributed by atoms with Gasteiger partial charge in [0.15, 0.2) is 0 Å². The predicted molar refractivity (Wildman–Crippen MR) is 82.6 cm³/mol. The van der Waals surface area contributed by atoms with Gasteiger partial charge in [0.05, 0.1) is 0 Å². The summed E-state index contributed by atoms with van der Waals surface area (Å²) >= 11 is 0. The lowest BCUT2D eigenvalue weighted by molar-refractivity contribution is -0.0891. The van der Waals surface area contributed by atoms with Crippen molar-refractivity contribution in [2.75, 3.05) is 13.7 Å². The summed E-state index contributed by atoms with van der Waals surface area (Å²) in [5, 5.41) is 3.52. The first-order valence-corrected chi connectivity index (χ1v) is 7.57. The van der Waals surface area contributed by atoms with Gasteiger partial charge in [-0.25, -0.2) is 0 Å². The molecule has 0 bridgehead atoms. The number of hydrogen-bond donors (Lipinski definition) is 1. The van der Waals surface area contributed by atoms with E-state index in [1.165, 1.54) is 16.7 Å². The van der Waals surface area contributed by atoms with Gasteiger partial charge in [0.25, 0.3) is 0 Å². The first kappa shape index (κ1) is 15.3. The predicted octanol–water partition coefficient (Wildman–Crippen LogP) is 3.15. The van der Waals surface area contributed by atoms with Crippen LogP contribution < -0.4 is 10.1 Å². The van der Waals surface area contributed by atoms with E-state index in [2.05, 4.69) is 45.1 Å². The SMILES string of the molecule is CCCNC1CC(Oc2c(C)cc(C)cc2C)C1OC. The number of hydrogen-bond acceptors (Lipinski definition) is 3. The van der Waals surface area contributed by atoms with E-state index in [9.17, 15) is 0 Å². The summed E-state index contributed by atoms with van der Waals surface area (Å²) in [4.78, 5) is 0. The van der Waals surface area contributed by atoms with Crippen LogP contribution in [0.2, 0.25) is 0 Å². The maximum absolute atomic E-state index is 6.22. The molecule has 3 heteroatoms. The number of ether oxygens (including phenoxy) is 2. The third-order valence-corrected chi connectivity index (χ3v) is 4.05. The molecule has 1 aromatic rings. The van der Waals surface area contributed by atoms with Crippen LogP contribution in [0.1, 0.15) is 36.5 Å². The van der Waals surface area contributed by atoms with Gasteiger partial charge in [-0.1, -0.05) is 24.6 Å². The molecule has 0 radical (unpaired) electrons. The van der Waals surface area contributed by atoms with Crippen molar-refractivity contribution in [3.8, 4) is 5.75 Å². The Kier molecular flexibility index (Phi) is 5.06. The van der Waals surface area contributed by atoms with E-state index in [1.807, 2.05) is 0 Å². The maximum Gasteiger partial charge on any atom is 0.128 e. The van der Waals surface area contributed by atoms with Crippen molar-refractivity contribution >= 4 is 0 Å². The lowest BCUT2D eigenvalue weighted by Crippen LogP contribution is -2.61. The number of nitrogens with one attached hydrogen (secondary N) is 1. The highest BCUT2D eigenvalue weighted by molar-refractivity contribution is 5.43. The molecule has 1 aromatic carbocycles. The standard InChI is InChI=1S/C17H27NO2/c1-6-7-18-14-10-15(17(14)19-5)20-16-12(3)8-11(2)9-13(16)4/h8-9,14-15,17-18H,6-7,10H2,1-5H3. The zero-order chi connectivity index (χ0) is 14.7. The molecule has 0 aliphatic heterocycles. The van der Waals surface area contributed by atoms with Gasteiger partial charge in [-0.05, 0) is 44.9 Å². The van der Waals surface area contributed by atoms with Gasteiger partial charge in [-0.3, -0.25) is 0 Å². The highest BCUT2D eigenvalue weighted by atomic mass is 16.5. The quantitative estimate of drug-likeness (QED) is 0.866. The summed E-state index contributed by atoms with van der Waals surface area (Å²) < 4.78 is 11.8. The van der Waals surface area contributed by atoms with Crippen LogP contribution in [0.15, 0.2) is 12.1 Å². The normalized spacial score (nSPS) is 25.4. The molecular weight excluding hydrogens is 250 g/mol. The summed E-state index contributed by atoms with van der Waals surface area (Å²) in [7, 11) is 1.77. The zero-order valence-electron chi connectivity index (χ0n) is 13.3. The van der Waals surface area contributed by atoms with Gasteiger partial charge in [-0.2, -0.15) is 0 Å². The Hall–Kier alpha value is -1.06. The minimum absolute atomic E-state index is 0.154. The van der Waals surface area contributed by atoms with Crippen LogP contribution in [-0.4, -0.2) is 31.9 Å². The fourth-order valence-corrected chi connectivity index (χ4v) is 3.05. The van der Waals surface area contributed by atoms with Crippen molar-refractivity contribution in [2.45, 2.75) is 58.8 Å². The molecular formula is C17H27NO2. The largest absolute Gasteiger partial charge is 0.487 e. The van der Waals surface area contributed by atoms with E-state index >= 15 is 0 Å². The topological polar surface area (TPSA) is 30.5 Å². The second-order valence-electron chi connectivity index (χ2n) is 5.88. The molecule has 3 atom stereocenters. The first-order chi connectivity index (χ1) is 9.56. The summed E-state index contributed by atoms with van der Waals surface area (Å²) in [6.45, 7) is 9.57. The Bertz CT molecular complexity index is 435. The summed E-state index contributed by atoms with van der Waals surface area (Å²) in [5.74, 6) is 1.02. The highest BCUT2D eigenvalue weighted by Gasteiger charge is 2.43. The second kappa shape index (κ2) is 6.59. The fourth-order valence-electron chi connectivity index (χ4n) is 3.05. The van der Waals surface area contributed by atoms with Gasteiger partial charge < -0.3 is 14.8 Å². The van der Waals surface area contributed by atoms with Gasteiger partial charge in [0.2, 0.25) is 0 Å². The number of rotatable bonds is 6. The van der Waals surface area contributed by atoms with Crippen LogP contribution in [0.3, 0.4) is 0 Å². The molecule has 3 unspecified atom stereocenters. The van der Waals surface area contributed by atoms with E-state index in [4.69, 9.17) is 9.47 Å². The third kappa shape index (κ3) is 3.15. The average Bonchev–Trinajstić information content (AvgIpc) is 2.35. The van der Waals surface area contributed by atoms with Crippen molar-refractivity contribution < 1.29 is 9.47 Å². The molecule has 3 nitrogen and oxygen atoms in total. The minimum Gasteiger partial charge on any atom is -0.487 e. The Morgan fingerprint density at radius 3 is 2.40 bits per heavy atom. The monoisotopic (exact) mass is 277 g/mol. The molecule has 1 saturated carbocycles. The Morgan fingerprint density at radius 1 is 1.20 bits per heavy atom. The fraction of sp³-hybridized carbons (Fsp3) is 0.647. The van der Waals surface area contributed by atoms with Crippen LogP contribution in [-0.2, 0) is 4.74 Å². The van der Waals surface area contributed by atoms with Crippen LogP contribution in [0.4, 0.5) is 0 Å². The van der Waals surface area contributed by atoms with Crippen molar-refractivity contribution in [3.05, 3.63) is 28.8 Å². The van der Waals surface area contributed by atoms with Crippen molar-refractivity contribution in [1.82, 2.24) is 5.32 Å². The van der Waals surface area contributed by atoms with E-state index < -0.39 is 0 Å². The molecule has 20 heavy (non-hydrogen) atoms. The molecule has 0 saturated heterocycles. The molecule has 0 heterocycles. The molecule has 0 spiro atoms. The number of aryl methyl sites for hydroxylation is 3. The molecule has 2 rings (SSSR count). The molecule has 0 aromatic heterocycles. The van der Waals surface area contributed by atoms with Crippen LogP contribution in [0.5, 0.6) is 5.75 Å². The van der Waals surface area contributed by atoms with Crippen molar-refractivity contribution in [1.29, 1.82) is 0 Å². The molecule has 1 aliphatic rings. The Labute approximate surface area is 122 Å². The zero-order valence-corrected chi connectivity index (χ0v) is 13.3. The van der Waals surface area contributed by atoms with Gasteiger partial charge in [0.1, 0.15) is 18.0 Å². The lowest BCUT2D eigenvalue weighted by atomic mass is 9.85. The highest BCUT2D eigenvalue weighted by Crippen LogP contribution is 2.32. The van der Waals surface area contributed by atoms with Crippen molar-refractivity contribution in [3.63, 3.8) is 0 Å². The maximum atomic E-state index is 6.22. The van der Waals surface area contributed by atoms with Crippen LogP contribution in [0.25, 0.3) is 0 Å². The van der Waals surface area contributed by atoms with Gasteiger partial charge in [-0.15, -0.1) is 0 Å². The first-order valence-electron chi connectivity index (χ1n) is 7.57. The summed E-state index contributed by atoms with van der Waals surface area (Å²) in [6.07, 6.45) is 2.48. The number of benzene rings is 1. The van der Waals surface area contributed by atoms with E-state index in [0.29, 0.717) is 6.04 Å². The summed E-state index contributed by atoms with van der Waals surface area (Å²) in [6, 6.07) is 4.78. The second-order valence-corrected chi connectivity index (χ2v) is 5.88. The van der Waals surface area contributed by atoms with E-state index in [0.717, 1.165) is 25.1 Å². The van der Waals surface area contributed by atoms with Gasteiger partial charge >= 0.3 is 0 Å². The van der Waals surface area contributed by atoms with Crippen LogP contribution in [0, 0.1) is 20.8 Å².